The topological polar surface area (TPSA) is 128 Å². The van der Waals surface area contributed by atoms with Crippen molar-refractivity contribution in [2.24, 2.45) is 0 Å². The molecule has 0 unspecified atom stereocenters. The molecule has 0 atom stereocenters. The third kappa shape index (κ3) is 3.60. The number of hydrogen-bond acceptors (Lipinski definition) is 6. The van der Waals surface area contributed by atoms with Crippen molar-refractivity contribution in [1.29, 1.82) is 0 Å². The zero-order chi connectivity index (χ0) is 18.7. The molecule has 2 heterocycles. The van der Waals surface area contributed by atoms with Crippen molar-refractivity contribution < 1.29 is 9.90 Å². The van der Waals surface area contributed by atoms with Crippen molar-refractivity contribution in [1.82, 2.24) is 15.0 Å². The van der Waals surface area contributed by atoms with E-state index >= 15 is 0 Å². The monoisotopic (exact) mass is 345 g/mol. The Labute approximate surface area is 149 Å². The minimum atomic E-state index is -0.995. The summed E-state index contributed by atoms with van der Waals surface area (Å²) in [6.45, 7) is 1.79. The van der Waals surface area contributed by atoms with E-state index in [2.05, 4.69) is 26.8 Å². The van der Waals surface area contributed by atoms with E-state index in [0.717, 1.165) is 0 Å². The van der Waals surface area contributed by atoms with E-state index in [1.165, 1.54) is 12.1 Å². The number of carboxylic acid groups (broad SMARTS) is 1. The summed E-state index contributed by atoms with van der Waals surface area (Å²) in [6.07, 6.45) is 1.58. The Hall–Kier alpha value is -3.92. The first kappa shape index (κ1) is 16.9. The highest BCUT2D eigenvalue weighted by molar-refractivity contribution is 5.88. The molecule has 3 rings (SSSR count). The van der Waals surface area contributed by atoms with Gasteiger partial charge < -0.3 is 16.6 Å². The Morgan fingerprint density at radius 1 is 1.04 bits per heavy atom. The van der Waals surface area contributed by atoms with Crippen LogP contribution in [0.2, 0.25) is 0 Å². The van der Waals surface area contributed by atoms with E-state index in [-0.39, 0.29) is 11.5 Å². The van der Waals surface area contributed by atoms with Crippen molar-refractivity contribution in [2.45, 2.75) is 6.92 Å². The number of pyridine rings is 1. The number of nitrogen functional groups attached to an aromatic ring is 2. The van der Waals surface area contributed by atoms with Crippen LogP contribution in [0.25, 0.3) is 11.3 Å². The van der Waals surface area contributed by atoms with Crippen molar-refractivity contribution in [3.63, 3.8) is 0 Å². The summed E-state index contributed by atoms with van der Waals surface area (Å²) in [7, 11) is 0. The van der Waals surface area contributed by atoms with Gasteiger partial charge >= 0.3 is 5.97 Å². The third-order valence-corrected chi connectivity index (χ3v) is 3.63. The van der Waals surface area contributed by atoms with E-state index in [1.54, 1.807) is 37.4 Å². The van der Waals surface area contributed by atoms with E-state index < -0.39 is 5.97 Å². The highest BCUT2D eigenvalue weighted by Crippen LogP contribution is 2.24. The minimum absolute atomic E-state index is 0.125. The maximum atomic E-state index is 11.0. The quantitative estimate of drug-likeness (QED) is 0.607. The van der Waals surface area contributed by atoms with Crippen LogP contribution in [0.1, 0.15) is 27.2 Å². The lowest BCUT2D eigenvalue weighted by molar-refractivity contribution is 0.0697. The summed E-state index contributed by atoms with van der Waals surface area (Å²) in [5, 5.41) is 9.04. The number of aromatic carboxylic acids is 1. The van der Waals surface area contributed by atoms with Crippen LogP contribution in [0.5, 0.6) is 0 Å². The van der Waals surface area contributed by atoms with Crippen molar-refractivity contribution in [2.75, 3.05) is 11.5 Å². The molecule has 0 spiro atoms. The summed E-state index contributed by atoms with van der Waals surface area (Å²) in [6, 6.07) is 9.78. The molecular formula is C19H15N5O2. The molecule has 3 aromatic rings. The first-order valence-electron chi connectivity index (χ1n) is 7.65. The Balaban J connectivity index is 2.08. The maximum Gasteiger partial charge on any atom is 0.335 e. The molecule has 0 amide bonds. The van der Waals surface area contributed by atoms with Gasteiger partial charge in [0.25, 0.3) is 0 Å². The molecule has 7 heteroatoms. The standard InChI is InChI=1S/C19H15N5O2/c1-11-15(8-2-12-3-9-16(20)22-10-12)17(24-19(21)23-11)13-4-6-14(7-5-13)18(25)26/h3-7,9-10H,1H3,(H2,20,22)(H,25,26)(H2,21,23,24). The van der Waals surface area contributed by atoms with E-state index in [4.69, 9.17) is 16.6 Å². The third-order valence-electron chi connectivity index (χ3n) is 3.63. The fourth-order valence-corrected chi connectivity index (χ4v) is 2.34. The summed E-state index contributed by atoms with van der Waals surface area (Å²) in [5.41, 5.74) is 14.7. The smallest absolute Gasteiger partial charge is 0.335 e. The molecule has 0 bridgehead atoms. The second kappa shape index (κ2) is 6.91. The maximum absolute atomic E-state index is 11.0. The van der Waals surface area contributed by atoms with Crippen molar-refractivity contribution >= 4 is 17.7 Å². The predicted octanol–water partition coefficient (Wildman–Crippen LogP) is 2.11. The number of nitrogens with two attached hydrogens (primary N) is 2. The number of carboxylic acids is 1. The van der Waals surface area contributed by atoms with Crippen LogP contribution in [0.4, 0.5) is 11.8 Å². The summed E-state index contributed by atoms with van der Waals surface area (Å²) < 4.78 is 0. The number of benzene rings is 1. The van der Waals surface area contributed by atoms with Gasteiger partial charge in [0.2, 0.25) is 5.95 Å². The van der Waals surface area contributed by atoms with Gasteiger partial charge in [0.05, 0.1) is 22.5 Å². The lowest BCUT2D eigenvalue weighted by atomic mass is 10.0. The van der Waals surface area contributed by atoms with Gasteiger partial charge in [0.1, 0.15) is 5.82 Å². The molecule has 2 aromatic heterocycles. The number of rotatable bonds is 2. The normalized spacial score (nSPS) is 10.0. The largest absolute Gasteiger partial charge is 0.478 e. The molecule has 1 aromatic carbocycles. The van der Waals surface area contributed by atoms with E-state index in [1.807, 2.05) is 0 Å². The Morgan fingerprint density at radius 3 is 2.38 bits per heavy atom. The van der Waals surface area contributed by atoms with Crippen LogP contribution in [-0.2, 0) is 0 Å². The average molecular weight is 345 g/mol. The van der Waals surface area contributed by atoms with E-state index in [9.17, 15) is 4.79 Å². The molecule has 0 saturated heterocycles. The zero-order valence-corrected chi connectivity index (χ0v) is 13.9. The average Bonchev–Trinajstić information content (AvgIpc) is 2.62. The molecule has 0 fully saturated rings. The molecule has 128 valence electrons. The van der Waals surface area contributed by atoms with E-state index in [0.29, 0.717) is 33.9 Å². The minimum Gasteiger partial charge on any atom is -0.478 e. The van der Waals surface area contributed by atoms with Crippen LogP contribution < -0.4 is 11.5 Å². The zero-order valence-electron chi connectivity index (χ0n) is 13.9. The summed E-state index contributed by atoms with van der Waals surface area (Å²) in [4.78, 5) is 23.5. The number of anilines is 2. The van der Waals surface area contributed by atoms with Gasteiger partial charge in [-0.1, -0.05) is 24.0 Å². The fourth-order valence-electron chi connectivity index (χ4n) is 2.34. The highest BCUT2D eigenvalue weighted by Gasteiger charge is 2.12. The fraction of sp³-hybridized carbons (Fsp3) is 0.0526. The lowest BCUT2D eigenvalue weighted by Gasteiger charge is -2.08. The Morgan fingerprint density at radius 2 is 1.77 bits per heavy atom. The second-order valence-electron chi connectivity index (χ2n) is 5.50. The first-order chi connectivity index (χ1) is 12.4. The number of hydrogen-bond donors (Lipinski definition) is 3. The predicted molar refractivity (Wildman–Crippen MR) is 98.2 cm³/mol. The number of aromatic nitrogens is 3. The molecule has 0 aliphatic heterocycles. The molecular weight excluding hydrogens is 330 g/mol. The van der Waals surface area contributed by atoms with Gasteiger partial charge in [-0.3, -0.25) is 0 Å². The van der Waals surface area contributed by atoms with Crippen LogP contribution in [0.15, 0.2) is 42.6 Å². The molecule has 5 N–H and O–H groups in total. The number of nitrogens with zero attached hydrogens (tertiary/aromatic N) is 3. The molecule has 0 aliphatic rings. The van der Waals surface area contributed by atoms with Crippen LogP contribution in [0.3, 0.4) is 0 Å². The Bertz CT molecular complexity index is 1030. The lowest BCUT2D eigenvalue weighted by Crippen LogP contribution is -2.03. The molecule has 0 saturated carbocycles. The van der Waals surface area contributed by atoms with Gasteiger partial charge in [-0.05, 0) is 31.2 Å². The van der Waals surface area contributed by atoms with Crippen molar-refractivity contribution in [3.05, 3.63) is 65.0 Å². The number of carbonyl (C=O) groups is 1. The summed E-state index contributed by atoms with van der Waals surface area (Å²) >= 11 is 0. The van der Waals surface area contributed by atoms with Gasteiger partial charge in [0, 0.05) is 17.3 Å². The molecule has 7 nitrogen and oxygen atoms in total. The van der Waals surface area contributed by atoms with Gasteiger partial charge in [-0.15, -0.1) is 0 Å². The molecule has 0 aliphatic carbocycles. The Kier molecular flexibility index (Phi) is 4.50. The first-order valence-corrected chi connectivity index (χ1v) is 7.65. The van der Waals surface area contributed by atoms with Gasteiger partial charge in [0.15, 0.2) is 0 Å². The van der Waals surface area contributed by atoms with Crippen LogP contribution in [0, 0.1) is 18.8 Å². The number of aryl methyl sites for hydroxylation is 1. The highest BCUT2D eigenvalue weighted by atomic mass is 16.4. The molecule has 0 radical (unpaired) electrons. The van der Waals surface area contributed by atoms with Gasteiger partial charge in [-0.25, -0.2) is 19.7 Å². The second-order valence-corrected chi connectivity index (χ2v) is 5.50. The SMILES string of the molecule is Cc1nc(N)nc(-c2ccc(C(=O)O)cc2)c1C#Cc1ccc(N)nc1. The van der Waals surface area contributed by atoms with Gasteiger partial charge in [-0.2, -0.15) is 0 Å². The van der Waals surface area contributed by atoms with Crippen LogP contribution in [-0.4, -0.2) is 26.0 Å². The van der Waals surface area contributed by atoms with Crippen molar-refractivity contribution in [3.8, 4) is 23.1 Å². The van der Waals surface area contributed by atoms with Crippen LogP contribution >= 0.6 is 0 Å². The molecule has 26 heavy (non-hydrogen) atoms. The summed E-state index contributed by atoms with van der Waals surface area (Å²) in [5.74, 6) is 5.61.